The Balaban J connectivity index is 2.39. The molecule has 2 rings (SSSR count). The molecule has 0 aromatic heterocycles. The van der Waals surface area contributed by atoms with Gasteiger partial charge in [-0.3, -0.25) is 14.9 Å². The van der Waals surface area contributed by atoms with Crippen LogP contribution in [0.4, 0.5) is 5.69 Å². The first-order valence-electron chi connectivity index (χ1n) is 5.33. The standard InChI is InChI=1S/C12H10BrN3O2/c1-7-12(18)15-11(17)6-16(7)10-3-2-8(5-14)4-9(10)13/h2-4,7H,6H2,1H3,(H,15,17,18). The number of nitrogens with one attached hydrogen (secondary N) is 1. The van der Waals surface area contributed by atoms with Crippen molar-refractivity contribution in [1.82, 2.24) is 5.32 Å². The van der Waals surface area contributed by atoms with Crippen LogP contribution in [0, 0.1) is 11.3 Å². The van der Waals surface area contributed by atoms with Crippen LogP contribution in [-0.4, -0.2) is 24.4 Å². The van der Waals surface area contributed by atoms with Crippen LogP contribution in [0.2, 0.25) is 0 Å². The van der Waals surface area contributed by atoms with Crippen LogP contribution in [0.3, 0.4) is 0 Å². The van der Waals surface area contributed by atoms with Gasteiger partial charge in [0.15, 0.2) is 0 Å². The van der Waals surface area contributed by atoms with E-state index in [2.05, 4.69) is 21.2 Å². The molecule has 0 saturated carbocycles. The van der Waals surface area contributed by atoms with Crippen molar-refractivity contribution in [3.63, 3.8) is 0 Å². The van der Waals surface area contributed by atoms with E-state index in [1.54, 1.807) is 30.0 Å². The van der Waals surface area contributed by atoms with Crippen molar-refractivity contribution in [2.75, 3.05) is 11.4 Å². The second-order valence-corrected chi connectivity index (χ2v) is 4.85. The molecule has 6 heteroatoms. The lowest BCUT2D eigenvalue weighted by molar-refractivity contribution is -0.132. The number of carbonyl (C=O) groups excluding carboxylic acids is 2. The molecular formula is C12H10BrN3O2. The summed E-state index contributed by atoms with van der Waals surface area (Å²) in [4.78, 5) is 24.7. The van der Waals surface area contributed by atoms with Crippen LogP contribution in [0.15, 0.2) is 22.7 Å². The van der Waals surface area contributed by atoms with E-state index in [1.807, 2.05) is 6.07 Å². The zero-order chi connectivity index (χ0) is 13.3. The van der Waals surface area contributed by atoms with Crippen molar-refractivity contribution in [2.24, 2.45) is 0 Å². The number of hydrogen-bond acceptors (Lipinski definition) is 4. The molecular weight excluding hydrogens is 298 g/mol. The van der Waals surface area contributed by atoms with Crippen LogP contribution in [0.1, 0.15) is 12.5 Å². The number of amides is 2. The number of piperazine rings is 1. The monoisotopic (exact) mass is 307 g/mol. The summed E-state index contributed by atoms with van der Waals surface area (Å²) in [5, 5.41) is 11.1. The lowest BCUT2D eigenvalue weighted by Gasteiger charge is -2.34. The van der Waals surface area contributed by atoms with Gasteiger partial charge in [-0.2, -0.15) is 5.26 Å². The Labute approximate surface area is 113 Å². The largest absolute Gasteiger partial charge is 0.350 e. The second-order valence-electron chi connectivity index (χ2n) is 3.99. The number of benzene rings is 1. The highest BCUT2D eigenvalue weighted by molar-refractivity contribution is 9.10. The van der Waals surface area contributed by atoms with E-state index in [-0.39, 0.29) is 18.4 Å². The average molecular weight is 308 g/mol. The van der Waals surface area contributed by atoms with Gasteiger partial charge in [0.1, 0.15) is 6.04 Å². The molecule has 92 valence electrons. The molecule has 1 aromatic rings. The molecule has 1 saturated heterocycles. The highest BCUT2D eigenvalue weighted by Crippen LogP contribution is 2.29. The Morgan fingerprint density at radius 3 is 2.83 bits per heavy atom. The van der Waals surface area contributed by atoms with Gasteiger partial charge in [0.25, 0.3) is 0 Å². The third-order valence-electron chi connectivity index (χ3n) is 2.81. The first kappa shape index (κ1) is 12.6. The molecule has 1 atom stereocenters. The minimum absolute atomic E-state index is 0.122. The predicted molar refractivity (Wildman–Crippen MR) is 68.8 cm³/mol. The highest BCUT2D eigenvalue weighted by Gasteiger charge is 2.31. The Bertz CT molecular complexity index is 565. The summed E-state index contributed by atoms with van der Waals surface area (Å²) in [6.07, 6.45) is 0. The minimum Gasteiger partial charge on any atom is -0.350 e. The molecule has 18 heavy (non-hydrogen) atoms. The lowest BCUT2D eigenvalue weighted by Crippen LogP contribution is -2.57. The molecule has 0 aliphatic carbocycles. The fourth-order valence-corrected chi connectivity index (χ4v) is 2.42. The van der Waals surface area contributed by atoms with Crippen molar-refractivity contribution in [3.8, 4) is 6.07 Å². The highest BCUT2D eigenvalue weighted by atomic mass is 79.9. The summed E-state index contributed by atoms with van der Waals surface area (Å²) in [5.74, 6) is -0.642. The number of nitrogens with zero attached hydrogens (tertiary/aromatic N) is 2. The van der Waals surface area contributed by atoms with Gasteiger partial charge in [-0.15, -0.1) is 0 Å². The van der Waals surface area contributed by atoms with Crippen molar-refractivity contribution in [1.29, 1.82) is 5.26 Å². The zero-order valence-electron chi connectivity index (χ0n) is 9.61. The molecule has 1 heterocycles. The van der Waals surface area contributed by atoms with Crippen LogP contribution in [0.5, 0.6) is 0 Å². The van der Waals surface area contributed by atoms with Gasteiger partial charge in [-0.25, -0.2) is 0 Å². The van der Waals surface area contributed by atoms with Crippen LogP contribution >= 0.6 is 15.9 Å². The zero-order valence-corrected chi connectivity index (χ0v) is 11.2. The number of hydrogen-bond donors (Lipinski definition) is 1. The van der Waals surface area contributed by atoms with Crippen molar-refractivity contribution >= 4 is 33.4 Å². The van der Waals surface area contributed by atoms with Crippen LogP contribution < -0.4 is 10.2 Å². The maximum Gasteiger partial charge on any atom is 0.249 e. The van der Waals surface area contributed by atoms with E-state index in [1.165, 1.54) is 0 Å². The molecule has 1 unspecified atom stereocenters. The molecule has 1 aliphatic rings. The number of halogens is 1. The van der Waals surface area contributed by atoms with E-state index in [0.717, 1.165) is 5.69 Å². The number of carbonyl (C=O) groups is 2. The summed E-state index contributed by atoms with van der Waals surface area (Å²) in [6, 6.07) is 6.66. The van der Waals surface area contributed by atoms with E-state index in [0.29, 0.717) is 10.0 Å². The molecule has 0 spiro atoms. The third kappa shape index (κ3) is 2.22. The number of anilines is 1. The van der Waals surface area contributed by atoms with Gasteiger partial charge >= 0.3 is 0 Å². The fourth-order valence-electron chi connectivity index (χ4n) is 1.82. The molecule has 1 aromatic carbocycles. The van der Waals surface area contributed by atoms with E-state index in [4.69, 9.17) is 5.26 Å². The lowest BCUT2D eigenvalue weighted by atomic mass is 10.1. The quantitative estimate of drug-likeness (QED) is 0.791. The molecule has 1 aliphatic heterocycles. The Kier molecular flexibility index (Phi) is 3.34. The van der Waals surface area contributed by atoms with Gasteiger partial charge < -0.3 is 4.90 Å². The maximum atomic E-state index is 11.6. The number of rotatable bonds is 1. The van der Waals surface area contributed by atoms with Gasteiger partial charge in [0, 0.05) is 4.47 Å². The summed E-state index contributed by atoms with van der Waals surface area (Å²) >= 11 is 3.36. The SMILES string of the molecule is CC1C(=O)NC(=O)CN1c1ccc(C#N)cc1Br. The Morgan fingerprint density at radius 2 is 2.22 bits per heavy atom. The maximum absolute atomic E-state index is 11.6. The number of nitriles is 1. The van der Waals surface area contributed by atoms with Crippen LogP contribution in [-0.2, 0) is 9.59 Å². The van der Waals surface area contributed by atoms with Gasteiger partial charge in [-0.1, -0.05) is 0 Å². The molecule has 2 amide bonds. The van der Waals surface area contributed by atoms with Gasteiger partial charge in [0.05, 0.1) is 23.9 Å². The van der Waals surface area contributed by atoms with E-state index in [9.17, 15) is 9.59 Å². The summed E-state index contributed by atoms with van der Waals surface area (Å²) in [7, 11) is 0. The fraction of sp³-hybridized carbons (Fsp3) is 0.250. The Hall–Kier alpha value is -1.87. The predicted octanol–water partition coefficient (Wildman–Crippen LogP) is 1.17. The van der Waals surface area contributed by atoms with Crippen LogP contribution in [0.25, 0.3) is 0 Å². The second kappa shape index (κ2) is 4.78. The van der Waals surface area contributed by atoms with Gasteiger partial charge in [-0.05, 0) is 41.1 Å². The normalized spacial score (nSPS) is 19.4. The molecule has 1 fully saturated rings. The topological polar surface area (TPSA) is 73.2 Å². The van der Waals surface area contributed by atoms with E-state index < -0.39 is 6.04 Å². The smallest absolute Gasteiger partial charge is 0.249 e. The van der Waals surface area contributed by atoms with Crippen molar-refractivity contribution < 1.29 is 9.59 Å². The van der Waals surface area contributed by atoms with E-state index >= 15 is 0 Å². The molecule has 0 bridgehead atoms. The summed E-state index contributed by atoms with van der Waals surface area (Å²) in [5.41, 5.74) is 1.25. The third-order valence-corrected chi connectivity index (χ3v) is 3.44. The molecule has 0 radical (unpaired) electrons. The summed E-state index contributed by atoms with van der Waals surface area (Å²) < 4.78 is 0.691. The van der Waals surface area contributed by atoms with Crippen molar-refractivity contribution in [3.05, 3.63) is 28.2 Å². The van der Waals surface area contributed by atoms with Crippen molar-refractivity contribution in [2.45, 2.75) is 13.0 Å². The molecule has 1 N–H and O–H groups in total. The number of imide groups is 1. The Morgan fingerprint density at radius 1 is 1.50 bits per heavy atom. The first-order chi connectivity index (χ1) is 8.52. The summed E-state index contributed by atoms with van der Waals surface area (Å²) in [6.45, 7) is 1.85. The molecule has 5 nitrogen and oxygen atoms in total. The average Bonchev–Trinajstić information content (AvgIpc) is 2.34. The minimum atomic E-state index is -0.424. The first-order valence-corrected chi connectivity index (χ1v) is 6.12. The van der Waals surface area contributed by atoms with Gasteiger partial charge in [0.2, 0.25) is 11.8 Å².